The Balaban J connectivity index is 1.80. The second-order valence-electron chi connectivity index (χ2n) is 7.47. The number of carbonyl (C=O) groups is 1. The third kappa shape index (κ3) is 2.08. The van der Waals surface area contributed by atoms with Crippen molar-refractivity contribution in [2.45, 2.75) is 36.4 Å². The molecule has 4 atom stereocenters. The predicted molar refractivity (Wildman–Crippen MR) is 101 cm³/mol. The standard InChI is InChI=1S/C20H18ClN3O3/c21-13-9-7-12(8-10-13)17-18(24(26)27)16-6-3-11-23(16)20(17)14-4-1-2-5-15(14)22-19(20)25/h1-2,4-5,7-10,16-18H,3,6,11H2,(H,22,25)/t16?,17-,18+,20+/m0/s1. The zero-order chi connectivity index (χ0) is 18.8. The summed E-state index contributed by atoms with van der Waals surface area (Å²) in [4.78, 5) is 27.5. The van der Waals surface area contributed by atoms with Crippen LogP contribution in [0.25, 0.3) is 0 Å². The summed E-state index contributed by atoms with van der Waals surface area (Å²) >= 11 is 6.05. The van der Waals surface area contributed by atoms with E-state index in [4.69, 9.17) is 11.6 Å². The van der Waals surface area contributed by atoms with Gasteiger partial charge in [-0.25, -0.2) is 0 Å². The molecule has 1 unspecified atom stereocenters. The number of fused-ring (bicyclic) bond motifs is 4. The average Bonchev–Trinajstić information content (AvgIpc) is 3.29. The maximum atomic E-state index is 13.4. The number of halogens is 1. The first-order chi connectivity index (χ1) is 13.0. The van der Waals surface area contributed by atoms with Gasteiger partial charge in [-0.15, -0.1) is 0 Å². The SMILES string of the molecule is O=C1Nc2ccccc2[C@@]12[C@@H](c1ccc(Cl)cc1)[C@H]([N+](=O)[O-])C1CCCN12. The summed E-state index contributed by atoms with van der Waals surface area (Å²) in [7, 11) is 0. The van der Waals surface area contributed by atoms with Crippen LogP contribution in [0, 0.1) is 10.1 Å². The molecule has 138 valence electrons. The number of nitrogens with zero attached hydrogens (tertiary/aromatic N) is 2. The molecule has 2 aromatic carbocycles. The molecule has 1 spiro atoms. The van der Waals surface area contributed by atoms with Crippen LogP contribution in [0.4, 0.5) is 5.69 Å². The van der Waals surface area contributed by atoms with Gasteiger partial charge >= 0.3 is 0 Å². The summed E-state index contributed by atoms with van der Waals surface area (Å²) in [6.07, 6.45) is 1.59. The Morgan fingerprint density at radius 1 is 1.19 bits per heavy atom. The van der Waals surface area contributed by atoms with Crippen molar-refractivity contribution in [3.63, 3.8) is 0 Å². The van der Waals surface area contributed by atoms with Crippen molar-refractivity contribution in [1.82, 2.24) is 4.90 Å². The zero-order valence-electron chi connectivity index (χ0n) is 14.5. The lowest BCUT2D eigenvalue weighted by Gasteiger charge is -2.36. The van der Waals surface area contributed by atoms with Crippen LogP contribution in [0.3, 0.4) is 0 Å². The third-order valence-corrected chi connectivity index (χ3v) is 6.59. The molecule has 0 aromatic heterocycles. The van der Waals surface area contributed by atoms with Gasteiger partial charge in [0.25, 0.3) is 5.91 Å². The fourth-order valence-corrected chi connectivity index (χ4v) is 5.59. The molecule has 5 rings (SSSR count). The summed E-state index contributed by atoms with van der Waals surface area (Å²) in [5.74, 6) is -0.737. The van der Waals surface area contributed by atoms with Gasteiger partial charge in [-0.3, -0.25) is 19.8 Å². The van der Waals surface area contributed by atoms with Crippen molar-refractivity contribution in [3.05, 3.63) is 74.8 Å². The van der Waals surface area contributed by atoms with E-state index in [-0.39, 0.29) is 16.9 Å². The van der Waals surface area contributed by atoms with Gasteiger partial charge in [-0.2, -0.15) is 0 Å². The zero-order valence-corrected chi connectivity index (χ0v) is 15.2. The minimum Gasteiger partial charge on any atom is -0.324 e. The lowest BCUT2D eigenvalue weighted by Crippen LogP contribution is -2.50. The molecule has 0 radical (unpaired) electrons. The van der Waals surface area contributed by atoms with E-state index in [2.05, 4.69) is 10.2 Å². The topological polar surface area (TPSA) is 75.5 Å². The highest BCUT2D eigenvalue weighted by Crippen LogP contribution is 2.59. The Morgan fingerprint density at radius 2 is 1.93 bits per heavy atom. The quantitative estimate of drug-likeness (QED) is 0.637. The summed E-state index contributed by atoms with van der Waals surface area (Å²) in [5, 5.41) is 15.7. The van der Waals surface area contributed by atoms with Crippen LogP contribution >= 0.6 is 11.6 Å². The van der Waals surface area contributed by atoms with Crippen LogP contribution < -0.4 is 5.32 Å². The van der Waals surface area contributed by atoms with E-state index < -0.39 is 17.5 Å². The Bertz CT molecular complexity index is 948. The molecule has 0 bridgehead atoms. The van der Waals surface area contributed by atoms with Crippen LogP contribution in [0.2, 0.25) is 5.02 Å². The summed E-state index contributed by atoms with van der Waals surface area (Å²) in [6.45, 7) is 0.681. The summed E-state index contributed by atoms with van der Waals surface area (Å²) in [6, 6.07) is 13.6. The molecular formula is C20H18ClN3O3. The van der Waals surface area contributed by atoms with Crippen molar-refractivity contribution in [2.75, 3.05) is 11.9 Å². The van der Waals surface area contributed by atoms with Crippen molar-refractivity contribution >= 4 is 23.2 Å². The fourth-order valence-electron chi connectivity index (χ4n) is 5.46. The molecule has 3 aliphatic rings. The van der Waals surface area contributed by atoms with E-state index in [9.17, 15) is 14.9 Å². The van der Waals surface area contributed by atoms with E-state index >= 15 is 0 Å². The average molecular weight is 384 g/mol. The Morgan fingerprint density at radius 3 is 2.67 bits per heavy atom. The second kappa shape index (κ2) is 5.78. The van der Waals surface area contributed by atoms with Gasteiger partial charge in [0.2, 0.25) is 6.04 Å². The number of hydrogen-bond acceptors (Lipinski definition) is 4. The minimum atomic E-state index is -1.05. The largest absolute Gasteiger partial charge is 0.324 e. The van der Waals surface area contributed by atoms with Gasteiger partial charge < -0.3 is 5.32 Å². The Labute approximate surface area is 161 Å². The molecule has 3 aliphatic heterocycles. The van der Waals surface area contributed by atoms with Gasteiger partial charge in [-0.05, 0) is 36.6 Å². The van der Waals surface area contributed by atoms with Gasteiger partial charge in [0.15, 0.2) is 0 Å². The van der Waals surface area contributed by atoms with Crippen LogP contribution in [0.5, 0.6) is 0 Å². The second-order valence-corrected chi connectivity index (χ2v) is 7.91. The van der Waals surface area contributed by atoms with E-state index in [1.54, 1.807) is 12.1 Å². The van der Waals surface area contributed by atoms with E-state index in [0.29, 0.717) is 11.6 Å². The highest BCUT2D eigenvalue weighted by atomic mass is 35.5. The number of anilines is 1. The smallest absolute Gasteiger partial charge is 0.250 e. The van der Waals surface area contributed by atoms with Gasteiger partial charge in [0.1, 0.15) is 5.54 Å². The number of benzene rings is 2. The van der Waals surface area contributed by atoms with Gasteiger partial charge in [0.05, 0.1) is 12.0 Å². The van der Waals surface area contributed by atoms with E-state index in [1.165, 1.54) is 0 Å². The number of hydrogen-bond donors (Lipinski definition) is 1. The first-order valence-corrected chi connectivity index (χ1v) is 9.49. The maximum Gasteiger partial charge on any atom is 0.250 e. The summed E-state index contributed by atoms with van der Waals surface area (Å²) < 4.78 is 0. The normalized spacial score (nSPS) is 31.7. The van der Waals surface area contributed by atoms with Crippen LogP contribution in [0.1, 0.15) is 29.9 Å². The minimum absolute atomic E-state index is 0.167. The van der Waals surface area contributed by atoms with Crippen molar-refractivity contribution in [1.29, 1.82) is 0 Å². The predicted octanol–water partition coefficient (Wildman–Crippen LogP) is 3.39. The number of rotatable bonds is 2. The first-order valence-electron chi connectivity index (χ1n) is 9.12. The number of amides is 1. The van der Waals surface area contributed by atoms with Gasteiger partial charge in [0, 0.05) is 27.7 Å². The molecule has 2 saturated heterocycles. The van der Waals surface area contributed by atoms with E-state index in [1.807, 2.05) is 36.4 Å². The lowest BCUT2D eigenvalue weighted by atomic mass is 9.73. The number of carbonyl (C=O) groups excluding carboxylic acids is 1. The molecule has 2 fully saturated rings. The molecule has 7 heteroatoms. The van der Waals surface area contributed by atoms with Crippen LogP contribution in [-0.4, -0.2) is 34.4 Å². The van der Waals surface area contributed by atoms with E-state index in [0.717, 1.165) is 29.7 Å². The number of nitrogens with one attached hydrogen (secondary N) is 1. The molecule has 1 amide bonds. The molecule has 6 nitrogen and oxygen atoms in total. The molecule has 2 aromatic rings. The molecule has 27 heavy (non-hydrogen) atoms. The third-order valence-electron chi connectivity index (χ3n) is 6.34. The Kier molecular flexibility index (Phi) is 3.58. The van der Waals surface area contributed by atoms with Crippen LogP contribution in [-0.2, 0) is 10.3 Å². The fraction of sp³-hybridized carbons (Fsp3) is 0.350. The van der Waals surface area contributed by atoms with Gasteiger partial charge in [-0.1, -0.05) is 41.9 Å². The maximum absolute atomic E-state index is 13.4. The molecular weight excluding hydrogens is 366 g/mol. The van der Waals surface area contributed by atoms with Crippen molar-refractivity contribution in [3.8, 4) is 0 Å². The molecule has 0 aliphatic carbocycles. The molecule has 0 saturated carbocycles. The summed E-state index contributed by atoms with van der Waals surface area (Å²) in [5.41, 5.74) is 1.31. The number of nitro groups is 1. The van der Waals surface area contributed by atoms with Crippen molar-refractivity contribution in [2.24, 2.45) is 0 Å². The van der Waals surface area contributed by atoms with Crippen molar-refractivity contribution < 1.29 is 9.72 Å². The monoisotopic (exact) mass is 383 g/mol. The Hall–Kier alpha value is -2.44. The highest BCUT2D eigenvalue weighted by Gasteiger charge is 2.71. The molecule has 1 N–H and O–H groups in total. The molecule has 3 heterocycles. The first kappa shape index (κ1) is 16.7. The lowest BCUT2D eigenvalue weighted by molar-refractivity contribution is -0.527. The number of para-hydroxylation sites is 1. The van der Waals surface area contributed by atoms with Crippen LogP contribution in [0.15, 0.2) is 48.5 Å². The highest BCUT2D eigenvalue weighted by molar-refractivity contribution is 6.30.